The SMILES string of the molecule is Cc1ccc(C)c(-n2c(SCC(=O)NCc3ccc4c(c3)OCO4)nc3ccsc3c2=O)c1. The number of thiophene rings is 1. The number of hydrogen-bond acceptors (Lipinski definition) is 7. The standard InChI is InChI=1S/C24H21N3O4S2/c1-14-3-4-15(2)18(9-14)27-23(29)22-17(7-8-32-22)26-24(27)33-12-21(28)25-11-16-5-6-19-20(10-16)31-13-30-19/h3-10H,11-13H2,1-2H3,(H,25,28). The Balaban J connectivity index is 1.36. The molecule has 0 atom stereocenters. The first-order valence-corrected chi connectivity index (χ1v) is 12.2. The van der Waals surface area contributed by atoms with Gasteiger partial charge in [0.1, 0.15) is 4.70 Å². The quantitative estimate of drug-likeness (QED) is 0.330. The zero-order chi connectivity index (χ0) is 22.9. The molecule has 168 valence electrons. The van der Waals surface area contributed by atoms with Crippen LogP contribution < -0.4 is 20.3 Å². The molecule has 3 heterocycles. The average molecular weight is 480 g/mol. The summed E-state index contributed by atoms with van der Waals surface area (Å²) in [7, 11) is 0. The van der Waals surface area contributed by atoms with Gasteiger partial charge in [0.2, 0.25) is 12.7 Å². The molecule has 0 spiro atoms. The topological polar surface area (TPSA) is 82.5 Å². The second-order valence-electron chi connectivity index (χ2n) is 7.71. The molecule has 0 radical (unpaired) electrons. The van der Waals surface area contributed by atoms with Gasteiger partial charge in [-0.15, -0.1) is 11.3 Å². The summed E-state index contributed by atoms with van der Waals surface area (Å²) < 4.78 is 12.9. The number of rotatable bonds is 6. The highest BCUT2D eigenvalue weighted by molar-refractivity contribution is 7.99. The molecule has 0 aliphatic carbocycles. The molecule has 33 heavy (non-hydrogen) atoms. The highest BCUT2D eigenvalue weighted by Gasteiger charge is 2.18. The predicted octanol–water partition coefficient (Wildman–Crippen LogP) is 4.20. The van der Waals surface area contributed by atoms with Crippen LogP contribution in [0.2, 0.25) is 0 Å². The highest BCUT2D eigenvalue weighted by atomic mass is 32.2. The minimum Gasteiger partial charge on any atom is -0.454 e. The molecule has 2 aromatic carbocycles. The Hall–Kier alpha value is -3.30. The van der Waals surface area contributed by atoms with E-state index in [-0.39, 0.29) is 24.0 Å². The average Bonchev–Trinajstić information content (AvgIpc) is 3.47. The highest BCUT2D eigenvalue weighted by Crippen LogP contribution is 2.32. The van der Waals surface area contributed by atoms with E-state index in [1.165, 1.54) is 23.1 Å². The number of carbonyl (C=O) groups excluding carboxylic acids is 1. The lowest BCUT2D eigenvalue weighted by Crippen LogP contribution is -2.26. The third kappa shape index (κ3) is 4.34. The number of benzene rings is 2. The molecule has 7 nitrogen and oxygen atoms in total. The van der Waals surface area contributed by atoms with Crippen molar-refractivity contribution in [3.63, 3.8) is 0 Å². The first kappa shape index (κ1) is 21.5. The molecule has 0 saturated carbocycles. The third-order valence-electron chi connectivity index (χ3n) is 5.31. The van der Waals surface area contributed by atoms with Gasteiger partial charge in [0.05, 0.1) is 17.0 Å². The predicted molar refractivity (Wildman–Crippen MR) is 130 cm³/mol. The second-order valence-corrected chi connectivity index (χ2v) is 9.57. The van der Waals surface area contributed by atoms with Gasteiger partial charge in [-0.2, -0.15) is 0 Å². The van der Waals surface area contributed by atoms with Gasteiger partial charge < -0.3 is 14.8 Å². The largest absolute Gasteiger partial charge is 0.454 e. The van der Waals surface area contributed by atoms with Gasteiger partial charge in [-0.3, -0.25) is 14.2 Å². The number of nitrogens with zero attached hydrogens (tertiary/aromatic N) is 2. The molecule has 5 rings (SSSR count). The number of aryl methyl sites for hydroxylation is 2. The van der Waals surface area contributed by atoms with E-state index in [9.17, 15) is 9.59 Å². The monoisotopic (exact) mass is 479 g/mol. The fourth-order valence-electron chi connectivity index (χ4n) is 3.59. The van der Waals surface area contributed by atoms with E-state index in [0.29, 0.717) is 33.4 Å². The van der Waals surface area contributed by atoms with Crippen molar-refractivity contribution in [3.8, 4) is 17.2 Å². The van der Waals surface area contributed by atoms with E-state index in [2.05, 4.69) is 5.32 Å². The summed E-state index contributed by atoms with van der Waals surface area (Å²) in [6, 6.07) is 13.4. The van der Waals surface area contributed by atoms with Gasteiger partial charge in [-0.05, 0) is 60.2 Å². The molecule has 1 N–H and O–H groups in total. The van der Waals surface area contributed by atoms with E-state index in [0.717, 1.165) is 22.4 Å². The number of amides is 1. The molecule has 1 aliphatic rings. The zero-order valence-corrected chi connectivity index (χ0v) is 19.7. The minimum absolute atomic E-state index is 0.119. The number of aromatic nitrogens is 2. The summed E-state index contributed by atoms with van der Waals surface area (Å²) in [6.45, 7) is 4.54. The Morgan fingerprint density at radius 2 is 2.00 bits per heavy atom. The van der Waals surface area contributed by atoms with Crippen LogP contribution in [-0.2, 0) is 11.3 Å². The molecule has 1 aliphatic heterocycles. The molecule has 0 unspecified atom stereocenters. The fourth-order valence-corrected chi connectivity index (χ4v) is 5.19. The smallest absolute Gasteiger partial charge is 0.276 e. The van der Waals surface area contributed by atoms with Crippen LogP contribution in [0.1, 0.15) is 16.7 Å². The maximum Gasteiger partial charge on any atom is 0.276 e. The lowest BCUT2D eigenvalue weighted by Gasteiger charge is -2.15. The van der Waals surface area contributed by atoms with Gasteiger partial charge >= 0.3 is 0 Å². The Morgan fingerprint density at radius 3 is 2.88 bits per heavy atom. The lowest BCUT2D eigenvalue weighted by atomic mass is 10.1. The van der Waals surface area contributed by atoms with Gasteiger partial charge in [0.15, 0.2) is 16.7 Å². The van der Waals surface area contributed by atoms with Crippen LogP contribution in [-0.4, -0.2) is 28.0 Å². The molecule has 9 heteroatoms. The first-order valence-electron chi connectivity index (χ1n) is 10.4. The Labute approximate surface area is 198 Å². The van der Waals surface area contributed by atoms with Crippen LogP contribution in [0.3, 0.4) is 0 Å². The lowest BCUT2D eigenvalue weighted by molar-refractivity contribution is -0.118. The Morgan fingerprint density at radius 1 is 1.15 bits per heavy atom. The molecule has 2 aromatic heterocycles. The molecule has 0 bridgehead atoms. The van der Waals surface area contributed by atoms with Crippen molar-refractivity contribution in [2.24, 2.45) is 0 Å². The Kier molecular flexibility index (Phi) is 5.82. The fraction of sp³-hybridized carbons (Fsp3) is 0.208. The van der Waals surface area contributed by atoms with Gasteiger partial charge in [-0.1, -0.05) is 30.0 Å². The summed E-state index contributed by atoms with van der Waals surface area (Å²) in [4.78, 5) is 30.6. The summed E-state index contributed by atoms with van der Waals surface area (Å²) in [5.41, 5.74) is 4.25. The van der Waals surface area contributed by atoms with E-state index >= 15 is 0 Å². The number of carbonyl (C=O) groups is 1. The van der Waals surface area contributed by atoms with Crippen molar-refractivity contribution in [2.75, 3.05) is 12.5 Å². The summed E-state index contributed by atoms with van der Waals surface area (Å²) in [6.07, 6.45) is 0. The van der Waals surface area contributed by atoms with Crippen LogP contribution in [0.15, 0.2) is 57.8 Å². The third-order valence-corrected chi connectivity index (χ3v) is 7.14. The van der Waals surface area contributed by atoms with Gasteiger partial charge in [0, 0.05) is 6.54 Å². The van der Waals surface area contributed by atoms with Crippen molar-refractivity contribution in [2.45, 2.75) is 25.5 Å². The van der Waals surface area contributed by atoms with Crippen LogP contribution in [0, 0.1) is 13.8 Å². The molecule has 4 aromatic rings. The van der Waals surface area contributed by atoms with Crippen molar-refractivity contribution in [1.82, 2.24) is 14.9 Å². The minimum atomic E-state index is -0.148. The maximum atomic E-state index is 13.3. The second kappa shape index (κ2) is 8.92. The number of fused-ring (bicyclic) bond motifs is 2. The number of nitrogens with one attached hydrogen (secondary N) is 1. The van der Waals surface area contributed by atoms with Crippen LogP contribution in [0.5, 0.6) is 11.5 Å². The number of ether oxygens (including phenoxy) is 2. The normalized spacial score (nSPS) is 12.3. The van der Waals surface area contributed by atoms with Crippen molar-refractivity contribution >= 4 is 39.2 Å². The zero-order valence-electron chi connectivity index (χ0n) is 18.1. The number of hydrogen-bond donors (Lipinski definition) is 1. The molecule has 1 amide bonds. The molecular formula is C24H21N3O4S2. The van der Waals surface area contributed by atoms with E-state index < -0.39 is 0 Å². The number of thioether (sulfide) groups is 1. The molecular weight excluding hydrogens is 458 g/mol. The van der Waals surface area contributed by atoms with Gasteiger partial charge in [-0.25, -0.2) is 4.98 Å². The summed E-state index contributed by atoms with van der Waals surface area (Å²) in [5.74, 6) is 1.38. The molecule has 0 saturated heterocycles. The van der Waals surface area contributed by atoms with E-state index in [4.69, 9.17) is 14.5 Å². The van der Waals surface area contributed by atoms with Crippen LogP contribution in [0.4, 0.5) is 0 Å². The Bertz CT molecular complexity index is 1430. The summed E-state index contributed by atoms with van der Waals surface area (Å²) in [5, 5.41) is 5.28. The van der Waals surface area contributed by atoms with Crippen molar-refractivity contribution in [1.29, 1.82) is 0 Å². The summed E-state index contributed by atoms with van der Waals surface area (Å²) >= 11 is 2.63. The molecule has 0 fully saturated rings. The van der Waals surface area contributed by atoms with Crippen LogP contribution in [0.25, 0.3) is 15.9 Å². The van der Waals surface area contributed by atoms with E-state index in [1.54, 1.807) is 4.57 Å². The first-order chi connectivity index (χ1) is 16.0. The van der Waals surface area contributed by atoms with E-state index in [1.807, 2.05) is 61.7 Å². The van der Waals surface area contributed by atoms with Crippen LogP contribution >= 0.6 is 23.1 Å². The van der Waals surface area contributed by atoms with Gasteiger partial charge in [0.25, 0.3) is 5.56 Å². The van der Waals surface area contributed by atoms with Crippen molar-refractivity contribution in [3.05, 3.63) is 74.9 Å². The van der Waals surface area contributed by atoms with Crippen molar-refractivity contribution < 1.29 is 14.3 Å². The maximum absolute atomic E-state index is 13.3.